The van der Waals surface area contributed by atoms with E-state index in [1.165, 1.54) is 0 Å². The summed E-state index contributed by atoms with van der Waals surface area (Å²) in [6, 6.07) is 0. The Bertz CT molecular complexity index is 273. The summed E-state index contributed by atoms with van der Waals surface area (Å²) in [6.07, 6.45) is -2.32. The zero-order chi connectivity index (χ0) is 11.4. The van der Waals surface area contributed by atoms with Gasteiger partial charge in [-0.1, -0.05) is 0 Å². The van der Waals surface area contributed by atoms with Gasteiger partial charge in [-0.2, -0.15) is 5.26 Å². The van der Waals surface area contributed by atoms with Crippen molar-refractivity contribution in [2.45, 2.75) is 18.4 Å². The van der Waals surface area contributed by atoms with Gasteiger partial charge in [-0.25, -0.2) is 9.59 Å². The van der Waals surface area contributed by atoms with Crippen LogP contribution in [0.2, 0.25) is 0 Å². The average molecular weight is 321 g/mol. The number of aliphatic hydroxyl groups is 1. The third-order valence-corrected chi connectivity index (χ3v) is 1.38. The molecule has 96 valence electrons. The number of hydrogen-bond acceptors (Lipinski definition) is 7. The van der Waals surface area contributed by atoms with E-state index >= 15 is 0 Å². The monoisotopic (exact) mass is 321 g/mol. The van der Waals surface area contributed by atoms with Gasteiger partial charge in [0.05, 0.1) is 12.8 Å². The van der Waals surface area contributed by atoms with Gasteiger partial charge >= 0.3 is 17.9 Å². The third kappa shape index (κ3) is 9.42. The van der Waals surface area contributed by atoms with Gasteiger partial charge in [-0.15, -0.1) is 0 Å². The summed E-state index contributed by atoms with van der Waals surface area (Å²) >= 11 is 0. The minimum absolute atomic E-state index is 0. The molecule has 0 aliphatic rings. The average Bonchev–Trinajstić information content (AvgIpc) is 2.02. The van der Waals surface area contributed by atoms with Crippen LogP contribution in [0.15, 0.2) is 0 Å². The first-order chi connectivity index (χ1) is 6.31. The van der Waals surface area contributed by atoms with Crippen LogP contribution >= 0.6 is 0 Å². The molecule has 0 fully saturated rings. The standard InChI is InChI=1S/C6H8O8.H3N.2Ti/c7-3(8)1-6(12,5(10)11)2-4(9)14-13;;;/h12-13H,1-2H2,(H,7,8)(H,10,11);1H3;;. The minimum Gasteiger partial charge on any atom is -0.481 e. The fourth-order valence-electron chi connectivity index (χ4n) is 0.735. The zero-order valence-corrected chi connectivity index (χ0v) is 11.7. The van der Waals surface area contributed by atoms with Crippen LogP contribution in [0.25, 0.3) is 0 Å². The number of aliphatic carboxylic acids is 2. The number of carboxylic acids is 2. The quantitative estimate of drug-likeness (QED) is 0.237. The molecule has 0 aliphatic heterocycles. The molecule has 0 saturated carbocycles. The molecule has 11 heteroatoms. The number of hydrogen-bond donors (Lipinski definition) is 5. The largest absolute Gasteiger partial charge is 0.481 e. The van der Waals surface area contributed by atoms with Crippen LogP contribution in [0.4, 0.5) is 0 Å². The molecular weight excluding hydrogens is 310 g/mol. The van der Waals surface area contributed by atoms with Crippen LogP contribution in [0.1, 0.15) is 12.8 Å². The molecule has 0 rings (SSSR count). The molecule has 0 aliphatic carbocycles. The molecule has 7 N–H and O–H groups in total. The van der Waals surface area contributed by atoms with E-state index in [4.69, 9.17) is 20.6 Å². The van der Waals surface area contributed by atoms with E-state index in [1.807, 2.05) is 0 Å². The number of carboxylic acid groups (broad SMARTS) is 2. The molecule has 0 heterocycles. The van der Waals surface area contributed by atoms with Gasteiger partial charge in [0.25, 0.3) is 0 Å². The van der Waals surface area contributed by atoms with Crippen molar-refractivity contribution in [1.82, 2.24) is 6.15 Å². The van der Waals surface area contributed by atoms with E-state index in [0.29, 0.717) is 0 Å². The molecule has 1 atom stereocenters. The molecule has 17 heavy (non-hydrogen) atoms. The molecule has 9 nitrogen and oxygen atoms in total. The van der Waals surface area contributed by atoms with E-state index in [-0.39, 0.29) is 49.6 Å². The number of rotatable bonds is 5. The maximum absolute atomic E-state index is 10.4. The molecule has 0 aromatic heterocycles. The van der Waals surface area contributed by atoms with E-state index in [2.05, 4.69) is 4.89 Å². The molecular formula is C6H11NO8Ti2. The van der Waals surface area contributed by atoms with E-state index in [0.717, 1.165) is 0 Å². The van der Waals surface area contributed by atoms with Gasteiger partial charge in [0, 0.05) is 43.4 Å². The van der Waals surface area contributed by atoms with Crippen molar-refractivity contribution < 1.29 is 83.3 Å². The summed E-state index contributed by atoms with van der Waals surface area (Å²) in [5, 5.41) is 33.6. The van der Waals surface area contributed by atoms with E-state index < -0.39 is 36.4 Å². The molecule has 0 spiro atoms. The maximum Gasteiger partial charge on any atom is 0.345 e. The fourth-order valence-corrected chi connectivity index (χ4v) is 0.735. The van der Waals surface area contributed by atoms with Crippen LogP contribution < -0.4 is 6.15 Å². The summed E-state index contributed by atoms with van der Waals surface area (Å²) in [4.78, 5) is 34.1. The van der Waals surface area contributed by atoms with Gasteiger partial charge in [-0.3, -0.25) is 4.79 Å². The minimum atomic E-state index is -2.77. The molecule has 0 saturated heterocycles. The fraction of sp³-hybridized carbons (Fsp3) is 0.500. The zero-order valence-electron chi connectivity index (χ0n) is 8.54. The van der Waals surface area contributed by atoms with Crippen molar-refractivity contribution in [3.63, 3.8) is 0 Å². The van der Waals surface area contributed by atoms with Crippen molar-refractivity contribution >= 4 is 17.9 Å². The Hall–Kier alpha value is -0.281. The first-order valence-corrected chi connectivity index (χ1v) is 3.33. The summed E-state index contributed by atoms with van der Waals surface area (Å²) in [6.45, 7) is 0. The van der Waals surface area contributed by atoms with Crippen molar-refractivity contribution in [2.24, 2.45) is 0 Å². The molecule has 0 aromatic rings. The van der Waals surface area contributed by atoms with Crippen molar-refractivity contribution in [2.75, 3.05) is 0 Å². The first-order valence-electron chi connectivity index (χ1n) is 3.33. The van der Waals surface area contributed by atoms with Crippen LogP contribution in [0.3, 0.4) is 0 Å². The Morgan fingerprint density at radius 1 is 1.06 bits per heavy atom. The van der Waals surface area contributed by atoms with Crippen LogP contribution in [-0.2, 0) is 62.7 Å². The van der Waals surface area contributed by atoms with E-state index in [1.54, 1.807) is 0 Å². The van der Waals surface area contributed by atoms with E-state index in [9.17, 15) is 14.4 Å². The first kappa shape index (κ1) is 25.5. The van der Waals surface area contributed by atoms with Crippen LogP contribution in [0, 0.1) is 0 Å². The van der Waals surface area contributed by atoms with Crippen molar-refractivity contribution in [3.8, 4) is 0 Å². The summed E-state index contributed by atoms with van der Waals surface area (Å²) in [7, 11) is 0. The smallest absolute Gasteiger partial charge is 0.345 e. The number of carbonyl (C=O) groups excluding carboxylic acids is 1. The summed E-state index contributed by atoms with van der Waals surface area (Å²) < 4.78 is 0. The second kappa shape index (κ2) is 10.8. The summed E-state index contributed by atoms with van der Waals surface area (Å²) in [5.74, 6) is -4.91. The Morgan fingerprint density at radius 3 is 1.71 bits per heavy atom. The second-order valence-electron chi connectivity index (χ2n) is 2.55. The predicted octanol–water partition coefficient (Wildman–Crippen LogP) is -1.16. The van der Waals surface area contributed by atoms with Crippen LogP contribution in [0.5, 0.6) is 0 Å². The molecule has 1 unspecified atom stereocenters. The SMILES string of the molecule is N.O=C(O)CC(O)(CC(=O)OO)C(=O)O.[Ti].[Ti]. The molecule has 0 bridgehead atoms. The van der Waals surface area contributed by atoms with Gasteiger partial charge in [0.2, 0.25) is 0 Å². The van der Waals surface area contributed by atoms with Gasteiger partial charge in [0.1, 0.15) is 0 Å². The van der Waals surface area contributed by atoms with Gasteiger partial charge in [0.15, 0.2) is 5.60 Å². The van der Waals surface area contributed by atoms with Crippen molar-refractivity contribution in [3.05, 3.63) is 0 Å². The third-order valence-electron chi connectivity index (χ3n) is 1.38. The predicted molar refractivity (Wildman–Crippen MR) is 43.2 cm³/mol. The molecule has 0 amide bonds. The Balaban J connectivity index is -0.000000282. The number of carbonyl (C=O) groups is 3. The van der Waals surface area contributed by atoms with Crippen LogP contribution in [-0.4, -0.2) is 44.1 Å². The van der Waals surface area contributed by atoms with Gasteiger partial charge < -0.3 is 26.4 Å². The normalized spacial score (nSPS) is 11.6. The molecule has 0 aromatic carbocycles. The topological polar surface area (TPSA) is 176 Å². The molecule has 0 radical (unpaired) electrons. The maximum atomic E-state index is 10.4. The Morgan fingerprint density at radius 2 is 1.47 bits per heavy atom. The summed E-state index contributed by atoms with van der Waals surface area (Å²) in [5.41, 5.74) is -2.77. The second-order valence-corrected chi connectivity index (χ2v) is 2.55. The van der Waals surface area contributed by atoms with Gasteiger partial charge in [-0.05, 0) is 0 Å². The Kier molecular flexibility index (Phi) is 16.3. The Labute approximate surface area is 125 Å². The van der Waals surface area contributed by atoms with Crippen molar-refractivity contribution in [1.29, 1.82) is 0 Å².